The van der Waals surface area contributed by atoms with E-state index in [4.69, 9.17) is 4.74 Å². The first kappa shape index (κ1) is 16.8. The van der Waals surface area contributed by atoms with Crippen molar-refractivity contribution < 1.29 is 9.53 Å². The maximum absolute atomic E-state index is 12.5. The van der Waals surface area contributed by atoms with Crippen molar-refractivity contribution in [2.75, 3.05) is 6.61 Å². The van der Waals surface area contributed by atoms with E-state index in [9.17, 15) is 4.79 Å². The number of nitrogens with one attached hydrogen (secondary N) is 1. The Kier molecular flexibility index (Phi) is 5.46. The van der Waals surface area contributed by atoms with E-state index in [0.29, 0.717) is 31.0 Å². The second kappa shape index (κ2) is 8.15. The van der Waals surface area contributed by atoms with Crippen LogP contribution >= 0.6 is 0 Å². The van der Waals surface area contributed by atoms with Crippen molar-refractivity contribution in [3.8, 4) is 5.75 Å². The molecule has 0 atom stereocenters. The van der Waals surface area contributed by atoms with Gasteiger partial charge in [-0.1, -0.05) is 36.4 Å². The molecule has 0 aliphatic heterocycles. The first-order valence-corrected chi connectivity index (χ1v) is 8.32. The van der Waals surface area contributed by atoms with Crippen LogP contribution < -0.4 is 10.1 Å². The standard InChI is InChI=1S/C20H21N3O2/c1-2-25-19-11-6-5-10-18(19)20(24)21-14-16-8-3-4-9-17(16)15-23-13-7-12-22-23/h3-13H,2,14-15H2,1H3,(H,21,24). The highest BCUT2D eigenvalue weighted by molar-refractivity contribution is 5.96. The summed E-state index contributed by atoms with van der Waals surface area (Å²) in [7, 11) is 0. The van der Waals surface area contributed by atoms with Gasteiger partial charge in [0.2, 0.25) is 0 Å². The normalized spacial score (nSPS) is 10.4. The van der Waals surface area contributed by atoms with Crippen molar-refractivity contribution in [1.29, 1.82) is 0 Å². The molecule has 5 heteroatoms. The van der Waals surface area contributed by atoms with Gasteiger partial charge in [-0.25, -0.2) is 0 Å². The van der Waals surface area contributed by atoms with E-state index in [2.05, 4.69) is 16.5 Å². The molecule has 5 nitrogen and oxygen atoms in total. The highest BCUT2D eigenvalue weighted by Crippen LogP contribution is 2.18. The molecular formula is C20H21N3O2. The summed E-state index contributed by atoms with van der Waals surface area (Å²) in [5, 5.41) is 7.23. The van der Waals surface area contributed by atoms with Crippen molar-refractivity contribution in [3.05, 3.63) is 83.7 Å². The topological polar surface area (TPSA) is 56.1 Å². The van der Waals surface area contributed by atoms with Crippen molar-refractivity contribution in [3.63, 3.8) is 0 Å². The Morgan fingerprint density at radius 2 is 1.84 bits per heavy atom. The summed E-state index contributed by atoms with van der Waals surface area (Å²) in [4.78, 5) is 12.5. The third-order valence-electron chi connectivity index (χ3n) is 3.88. The van der Waals surface area contributed by atoms with Gasteiger partial charge in [0.25, 0.3) is 5.91 Å². The van der Waals surface area contributed by atoms with E-state index >= 15 is 0 Å². The minimum absolute atomic E-state index is 0.141. The molecule has 1 heterocycles. The van der Waals surface area contributed by atoms with Gasteiger partial charge in [0.15, 0.2) is 0 Å². The molecule has 0 bridgehead atoms. The zero-order chi connectivity index (χ0) is 17.5. The first-order valence-electron chi connectivity index (χ1n) is 8.32. The third-order valence-corrected chi connectivity index (χ3v) is 3.88. The molecule has 3 aromatic rings. The Morgan fingerprint density at radius 3 is 2.60 bits per heavy atom. The Bertz CT molecular complexity index is 828. The van der Waals surface area contributed by atoms with E-state index in [0.717, 1.165) is 11.1 Å². The molecule has 0 aliphatic carbocycles. The van der Waals surface area contributed by atoms with Gasteiger partial charge in [-0.05, 0) is 36.2 Å². The van der Waals surface area contributed by atoms with E-state index in [1.165, 1.54) is 0 Å². The maximum Gasteiger partial charge on any atom is 0.255 e. The largest absolute Gasteiger partial charge is 0.493 e. The van der Waals surface area contributed by atoms with Crippen LogP contribution in [0.15, 0.2) is 67.0 Å². The summed E-state index contributed by atoms with van der Waals surface area (Å²) < 4.78 is 7.40. The van der Waals surface area contributed by atoms with E-state index < -0.39 is 0 Å². The molecule has 2 aromatic carbocycles. The summed E-state index contributed by atoms with van der Waals surface area (Å²) in [6.07, 6.45) is 3.68. The lowest BCUT2D eigenvalue weighted by Crippen LogP contribution is -2.24. The predicted molar refractivity (Wildman–Crippen MR) is 96.6 cm³/mol. The molecule has 0 saturated carbocycles. The molecule has 1 amide bonds. The molecule has 0 fully saturated rings. The lowest BCUT2D eigenvalue weighted by atomic mass is 10.1. The number of carbonyl (C=O) groups is 1. The molecule has 0 unspecified atom stereocenters. The average molecular weight is 335 g/mol. The Labute approximate surface area is 147 Å². The minimum Gasteiger partial charge on any atom is -0.493 e. The molecule has 3 rings (SSSR count). The molecule has 0 radical (unpaired) electrons. The van der Waals surface area contributed by atoms with Crippen LogP contribution in [0.5, 0.6) is 5.75 Å². The smallest absolute Gasteiger partial charge is 0.255 e. The lowest BCUT2D eigenvalue weighted by molar-refractivity contribution is 0.0947. The van der Waals surface area contributed by atoms with Gasteiger partial charge in [0, 0.05) is 18.9 Å². The van der Waals surface area contributed by atoms with Gasteiger partial charge in [-0.3, -0.25) is 9.48 Å². The zero-order valence-corrected chi connectivity index (χ0v) is 14.2. The summed E-state index contributed by atoms with van der Waals surface area (Å²) in [5.41, 5.74) is 2.75. The molecule has 0 aliphatic rings. The van der Waals surface area contributed by atoms with Crippen LogP contribution in [-0.2, 0) is 13.1 Å². The maximum atomic E-state index is 12.5. The fourth-order valence-corrected chi connectivity index (χ4v) is 2.66. The van der Waals surface area contributed by atoms with Gasteiger partial charge >= 0.3 is 0 Å². The Balaban J connectivity index is 1.71. The quantitative estimate of drug-likeness (QED) is 0.721. The van der Waals surface area contributed by atoms with E-state index in [-0.39, 0.29) is 5.91 Å². The highest BCUT2D eigenvalue weighted by Gasteiger charge is 2.12. The SMILES string of the molecule is CCOc1ccccc1C(=O)NCc1ccccc1Cn1cccn1. The number of ether oxygens (including phenoxy) is 1. The Morgan fingerprint density at radius 1 is 1.08 bits per heavy atom. The van der Waals surface area contributed by atoms with Crippen LogP contribution in [0.25, 0.3) is 0 Å². The number of rotatable bonds is 7. The number of para-hydroxylation sites is 1. The van der Waals surface area contributed by atoms with Gasteiger partial charge in [0.1, 0.15) is 5.75 Å². The van der Waals surface area contributed by atoms with Gasteiger partial charge in [-0.2, -0.15) is 5.10 Å². The molecular weight excluding hydrogens is 314 g/mol. The van der Waals surface area contributed by atoms with Gasteiger partial charge in [0.05, 0.1) is 18.7 Å². The average Bonchev–Trinajstić information content (AvgIpc) is 3.14. The highest BCUT2D eigenvalue weighted by atomic mass is 16.5. The molecule has 1 N–H and O–H groups in total. The summed E-state index contributed by atoms with van der Waals surface area (Å²) in [5.74, 6) is 0.463. The zero-order valence-electron chi connectivity index (χ0n) is 14.2. The van der Waals surface area contributed by atoms with Crippen LogP contribution in [0.4, 0.5) is 0 Å². The lowest BCUT2D eigenvalue weighted by Gasteiger charge is -2.13. The molecule has 25 heavy (non-hydrogen) atoms. The Hall–Kier alpha value is -3.08. The van der Waals surface area contributed by atoms with Crippen molar-refractivity contribution in [2.45, 2.75) is 20.0 Å². The van der Waals surface area contributed by atoms with Crippen molar-refractivity contribution in [2.24, 2.45) is 0 Å². The summed E-state index contributed by atoms with van der Waals surface area (Å²) >= 11 is 0. The van der Waals surface area contributed by atoms with Crippen molar-refractivity contribution >= 4 is 5.91 Å². The monoisotopic (exact) mass is 335 g/mol. The second-order valence-corrected chi connectivity index (χ2v) is 5.58. The number of aromatic nitrogens is 2. The number of carbonyl (C=O) groups excluding carboxylic acids is 1. The molecule has 0 spiro atoms. The van der Waals surface area contributed by atoms with Crippen LogP contribution in [0.2, 0.25) is 0 Å². The van der Waals surface area contributed by atoms with E-state index in [1.54, 1.807) is 12.3 Å². The predicted octanol–water partition coefficient (Wildman–Crippen LogP) is 3.26. The van der Waals surface area contributed by atoms with Crippen LogP contribution in [-0.4, -0.2) is 22.3 Å². The summed E-state index contributed by atoms with van der Waals surface area (Å²) in [6, 6.07) is 17.2. The van der Waals surface area contributed by atoms with Gasteiger partial charge in [-0.15, -0.1) is 0 Å². The van der Waals surface area contributed by atoms with Crippen LogP contribution in [0, 0.1) is 0 Å². The number of hydrogen-bond donors (Lipinski definition) is 1. The molecule has 1 aromatic heterocycles. The molecule has 0 saturated heterocycles. The first-order chi connectivity index (χ1) is 12.3. The van der Waals surface area contributed by atoms with Crippen LogP contribution in [0.1, 0.15) is 28.4 Å². The fourth-order valence-electron chi connectivity index (χ4n) is 2.66. The fraction of sp³-hybridized carbons (Fsp3) is 0.200. The summed E-state index contributed by atoms with van der Waals surface area (Å²) in [6.45, 7) is 3.56. The number of hydrogen-bond acceptors (Lipinski definition) is 3. The van der Waals surface area contributed by atoms with E-state index in [1.807, 2.05) is 60.3 Å². The van der Waals surface area contributed by atoms with Crippen LogP contribution in [0.3, 0.4) is 0 Å². The number of nitrogens with zero attached hydrogens (tertiary/aromatic N) is 2. The van der Waals surface area contributed by atoms with Gasteiger partial charge < -0.3 is 10.1 Å². The third kappa shape index (κ3) is 4.26. The number of benzene rings is 2. The molecule has 128 valence electrons. The minimum atomic E-state index is -0.141. The number of amides is 1. The second-order valence-electron chi connectivity index (χ2n) is 5.58. The van der Waals surface area contributed by atoms with Crippen molar-refractivity contribution in [1.82, 2.24) is 15.1 Å².